The highest BCUT2D eigenvalue weighted by Crippen LogP contribution is 2.40. The zero-order chi connectivity index (χ0) is 20.3. The van der Waals surface area contributed by atoms with Crippen LogP contribution in [0.25, 0.3) is 0 Å². The van der Waals surface area contributed by atoms with Crippen LogP contribution in [0.15, 0.2) is 23.9 Å². The average molecular weight is 398 g/mol. The first-order chi connectivity index (χ1) is 13.3. The van der Waals surface area contributed by atoms with Crippen molar-refractivity contribution in [3.63, 3.8) is 0 Å². The highest BCUT2D eigenvalue weighted by atomic mass is 19.3. The van der Waals surface area contributed by atoms with Crippen molar-refractivity contribution in [3.8, 4) is 0 Å². The van der Waals surface area contributed by atoms with Crippen molar-refractivity contribution in [2.45, 2.75) is 51.4 Å². The Labute approximate surface area is 166 Å². The Morgan fingerprint density at radius 2 is 1.89 bits per heavy atom. The number of hydrogen-bond acceptors (Lipinski definition) is 5. The number of nitrogens with zero attached hydrogens (tertiary/aromatic N) is 2. The van der Waals surface area contributed by atoms with E-state index in [1.54, 1.807) is 11.8 Å². The molecule has 28 heavy (non-hydrogen) atoms. The second kappa shape index (κ2) is 9.01. The molecule has 0 radical (unpaired) electrons. The number of aldehydes is 1. The van der Waals surface area contributed by atoms with Crippen molar-refractivity contribution < 1.29 is 23.0 Å². The van der Waals surface area contributed by atoms with E-state index in [4.69, 9.17) is 9.47 Å². The fraction of sp³-hybridized carbons (Fsp3) is 0.762. The molecule has 0 aromatic rings. The van der Waals surface area contributed by atoms with Gasteiger partial charge in [0.1, 0.15) is 6.29 Å². The van der Waals surface area contributed by atoms with Gasteiger partial charge in [-0.15, -0.1) is 0 Å². The molecule has 3 rings (SSSR count). The van der Waals surface area contributed by atoms with Crippen molar-refractivity contribution in [2.24, 2.45) is 11.8 Å². The summed E-state index contributed by atoms with van der Waals surface area (Å²) in [6.45, 7) is 10.3. The van der Waals surface area contributed by atoms with E-state index in [-0.39, 0.29) is 25.4 Å². The zero-order valence-corrected chi connectivity index (χ0v) is 16.9. The van der Waals surface area contributed by atoms with Gasteiger partial charge in [-0.3, -0.25) is 9.69 Å². The minimum Gasteiger partial charge on any atom is -0.372 e. The number of alkyl halides is 2. The Bertz CT molecular complexity index is 594. The predicted molar refractivity (Wildman–Crippen MR) is 103 cm³/mol. The van der Waals surface area contributed by atoms with Gasteiger partial charge in [-0.2, -0.15) is 0 Å². The first-order valence-corrected chi connectivity index (χ1v) is 10.2. The van der Waals surface area contributed by atoms with E-state index < -0.39 is 5.92 Å². The zero-order valence-electron chi connectivity index (χ0n) is 16.9. The molecule has 0 amide bonds. The first-order valence-electron chi connectivity index (χ1n) is 10.2. The van der Waals surface area contributed by atoms with Gasteiger partial charge in [-0.25, -0.2) is 8.78 Å². The fourth-order valence-corrected chi connectivity index (χ4v) is 4.24. The Balaban J connectivity index is 1.41. The maximum Gasteiger partial charge on any atom is 0.272 e. The van der Waals surface area contributed by atoms with Crippen LogP contribution in [-0.4, -0.2) is 73.7 Å². The highest BCUT2D eigenvalue weighted by molar-refractivity contribution is 5.73. The lowest BCUT2D eigenvalue weighted by atomic mass is 9.71. The molecular weight excluding hydrogens is 366 g/mol. The molecule has 1 saturated carbocycles. The standard InChI is InChI=1S/C21H32F2N2O3/c1-4-24(16(3)7-15(2)10-26)9-18-6-5-17(18)8-20-27-11-19(12-28-20)25-13-21(22,23)14-25/h7,10,17-20H,3-6,8-9,11-14H2,1-2H3/b15-7+. The van der Waals surface area contributed by atoms with Crippen LogP contribution < -0.4 is 0 Å². The number of carbonyl (C=O) groups excluding carboxylic acids is 1. The summed E-state index contributed by atoms with van der Waals surface area (Å²) in [5, 5.41) is 0. The SMILES string of the molecule is C=C(/C=C(\C)C=O)N(CC)CC1CCC1CC1OCC(N2CC(F)(F)C2)CO1. The van der Waals surface area contributed by atoms with E-state index in [0.29, 0.717) is 30.6 Å². The Morgan fingerprint density at radius 1 is 1.25 bits per heavy atom. The minimum atomic E-state index is -2.55. The average Bonchev–Trinajstić information content (AvgIpc) is 2.64. The molecule has 2 saturated heterocycles. The van der Waals surface area contributed by atoms with Gasteiger partial charge >= 0.3 is 0 Å². The topological polar surface area (TPSA) is 42.0 Å². The molecule has 0 N–H and O–H groups in total. The van der Waals surface area contributed by atoms with Crippen LogP contribution in [0.4, 0.5) is 8.78 Å². The second-order valence-corrected chi connectivity index (χ2v) is 8.38. The van der Waals surface area contributed by atoms with E-state index in [1.165, 1.54) is 6.42 Å². The fourth-order valence-electron chi connectivity index (χ4n) is 4.24. The van der Waals surface area contributed by atoms with E-state index in [1.807, 2.05) is 6.08 Å². The van der Waals surface area contributed by atoms with Gasteiger partial charge in [0.05, 0.1) is 32.3 Å². The summed E-state index contributed by atoms with van der Waals surface area (Å²) in [7, 11) is 0. The smallest absolute Gasteiger partial charge is 0.272 e. The molecule has 0 aromatic heterocycles. The van der Waals surface area contributed by atoms with Gasteiger partial charge in [0.2, 0.25) is 0 Å². The van der Waals surface area contributed by atoms with Gasteiger partial charge in [-0.1, -0.05) is 6.58 Å². The molecule has 0 spiro atoms. The number of ether oxygens (including phenoxy) is 2. The van der Waals surface area contributed by atoms with Gasteiger partial charge in [0.15, 0.2) is 6.29 Å². The Hall–Kier alpha value is -1.31. The van der Waals surface area contributed by atoms with E-state index >= 15 is 0 Å². The maximum absolute atomic E-state index is 13.0. The van der Waals surface area contributed by atoms with Gasteiger partial charge in [-0.05, 0) is 50.2 Å². The molecule has 7 heteroatoms. The van der Waals surface area contributed by atoms with Gasteiger partial charge < -0.3 is 14.4 Å². The van der Waals surface area contributed by atoms with Crippen molar-refractivity contribution in [3.05, 3.63) is 23.9 Å². The number of halogens is 2. The van der Waals surface area contributed by atoms with Crippen LogP contribution in [0.5, 0.6) is 0 Å². The van der Waals surface area contributed by atoms with Crippen molar-refractivity contribution >= 4 is 6.29 Å². The molecule has 3 aliphatic rings. The lowest BCUT2D eigenvalue weighted by Gasteiger charge is -2.47. The summed E-state index contributed by atoms with van der Waals surface area (Å²) in [6, 6.07) is -0.0557. The highest BCUT2D eigenvalue weighted by Gasteiger charge is 2.47. The summed E-state index contributed by atoms with van der Waals surface area (Å²) >= 11 is 0. The van der Waals surface area contributed by atoms with Crippen molar-refractivity contribution in [2.75, 3.05) is 39.4 Å². The number of likely N-dealkylation sites (tertiary alicyclic amines) is 1. The summed E-state index contributed by atoms with van der Waals surface area (Å²) in [5.41, 5.74) is 1.55. The third-order valence-corrected chi connectivity index (χ3v) is 6.23. The molecule has 0 aromatic carbocycles. The summed E-state index contributed by atoms with van der Waals surface area (Å²) < 4.78 is 37.7. The lowest BCUT2D eigenvalue weighted by Crippen LogP contribution is -2.63. The van der Waals surface area contributed by atoms with E-state index in [0.717, 1.165) is 37.9 Å². The summed E-state index contributed by atoms with van der Waals surface area (Å²) in [4.78, 5) is 14.8. The monoisotopic (exact) mass is 398 g/mol. The van der Waals surface area contributed by atoms with Crippen LogP contribution >= 0.6 is 0 Å². The third-order valence-electron chi connectivity index (χ3n) is 6.23. The Kier molecular flexibility index (Phi) is 6.89. The van der Waals surface area contributed by atoms with Crippen molar-refractivity contribution in [1.82, 2.24) is 9.80 Å². The molecule has 3 fully saturated rings. The Morgan fingerprint density at radius 3 is 2.39 bits per heavy atom. The quantitative estimate of drug-likeness (QED) is 0.339. The number of rotatable bonds is 9. The normalized spacial score (nSPS) is 32.9. The van der Waals surface area contributed by atoms with Gasteiger partial charge in [0, 0.05) is 25.2 Å². The van der Waals surface area contributed by atoms with Crippen LogP contribution in [-0.2, 0) is 14.3 Å². The summed E-state index contributed by atoms with van der Waals surface area (Å²) in [5.74, 6) is -1.46. The lowest BCUT2D eigenvalue weighted by molar-refractivity contribution is -0.241. The van der Waals surface area contributed by atoms with Crippen LogP contribution in [0.2, 0.25) is 0 Å². The molecule has 158 valence electrons. The third kappa shape index (κ3) is 5.19. The van der Waals surface area contributed by atoms with E-state index in [9.17, 15) is 13.6 Å². The largest absolute Gasteiger partial charge is 0.372 e. The number of likely N-dealkylation sites (N-methyl/N-ethyl adjacent to an activating group) is 1. The number of hydrogen-bond donors (Lipinski definition) is 0. The first kappa shape index (κ1) is 21.4. The van der Waals surface area contributed by atoms with Crippen molar-refractivity contribution in [1.29, 1.82) is 0 Å². The molecule has 2 heterocycles. The predicted octanol–water partition coefficient (Wildman–Crippen LogP) is 3.08. The molecule has 2 aliphatic heterocycles. The summed E-state index contributed by atoms with van der Waals surface area (Å²) in [6.07, 6.45) is 5.61. The number of allylic oxidation sites excluding steroid dienone is 2. The molecule has 5 nitrogen and oxygen atoms in total. The van der Waals surface area contributed by atoms with Gasteiger partial charge in [0.25, 0.3) is 5.92 Å². The van der Waals surface area contributed by atoms with Crippen LogP contribution in [0, 0.1) is 11.8 Å². The van der Waals surface area contributed by atoms with E-state index in [2.05, 4.69) is 18.4 Å². The molecule has 2 unspecified atom stereocenters. The molecule has 1 aliphatic carbocycles. The number of carbonyl (C=O) groups is 1. The van der Waals surface area contributed by atoms with Crippen LogP contribution in [0.3, 0.4) is 0 Å². The van der Waals surface area contributed by atoms with Crippen LogP contribution in [0.1, 0.15) is 33.1 Å². The maximum atomic E-state index is 13.0. The molecule has 2 atom stereocenters. The molecule has 0 bridgehead atoms. The minimum absolute atomic E-state index is 0.0557. The second-order valence-electron chi connectivity index (χ2n) is 8.38. The molecular formula is C21H32F2N2O3.